The van der Waals surface area contributed by atoms with Crippen LogP contribution in [0.25, 0.3) is 22.2 Å². The van der Waals surface area contributed by atoms with Gasteiger partial charge in [-0.05, 0) is 49.1 Å². The van der Waals surface area contributed by atoms with Crippen LogP contribution < -0.4 is 5.32 Å². The van der Waals surface area contributed by atoms with Crippen LogP contribution >= 0.6 is 0 Å². The van der Waals surface area contributed by atoms with Crippen LogP contribution in [0, 0.1) is 6.92 Å². The fraction of sp³-hybridized carbons (Fsp3) is 0.423. The number of hydrogen-bond acceptors (Lipinski definition) is 8. The second-order valence-electron chi connectivity index (χ2n) is 9.47. The van der Waals surface area contributed by atoms with Gasteiger partial charge in [0.05, 0.1) is 29.0 Å². The summed E-state index contributed by atoms with van der Waals surface area (Å²) >= 11 is 0. The highest BCUT2D eigenvalue weighted by Gasteiger charge is 2.25. The molecule has 4 aromatic rings. The van der Waals surface area contributed by atoms with Gasteiger partial charge in [0, 0.05) is 56.8 Å². The minimum Gasteiger partial charge on any atom is -0.379 e. The number of nitrogens with zero attached hydrogens (tertiary/aromatic N) is 7. The first-order chi connectivity index (χ1) is 17.0. The van der Waals surface area contributed by atoms with Crippen molar-refractivity contribution in [2.75, 3.05) is 32.1 Å². The first-order valence-electron chi connectivity index (χ1n) is 12.1. The molecule has 0 aromatic carbocycles. The zero-order valence-electron chi connectivity index (χ0n) is 20.8. The van der Waals surface area contributed by atoms with Crippen LogP contribution in [0.5, 0.6) is 0 Å². The van der Waals surface area contributed by atoms with Gasteiger partial charge in [0.1, 0.15) is 5.82 Å². The lowest BCUT2D eigenvalue weighted by atomic mass is 10.1. The quantitative estimate of drug-likeness (QED) is 0.388. The lowest BCUT2D eigenvalue weighted by Crippen LogP contribution is -2.51. The van der Waals surface area contributed by atoms with E-state index in [-0.39, 0.29) is 0 Å². The molecule has 1 saturated heterocycles. The molecule has 0 saturated carbocycles. The molecule has 182 valence electrons. The van der Waals surface area contributed by atoms with E-state index in [4.69, 9.17) is 14.8 Å². The normalized spacial score (nSPS) is 14.5. The summed E-state index contributed by atoms with van der Waals surface area (Å²) in [6.07, 6.45) is 7.26. The van der Waals surface area contributed by atoms with Gasteiger partial charge in [-0.25, -0.2) is 4.98 Å². The summed E-state index contributed by atoms with van der Waals surface area (Å²) in [6.45, 7) is 10.3. The molecule has 1 fully saturated rings. The number of likely N-dealkylation sites (tertiary alicyclic amines) is 1. The van der Waals surface area contributed by atoms with E-state index < -0.39 is 0 Å². The van der Waals surface area contributed by atoms with Crippen LogP contribution in [0.1, 0.15) is 37.4 Å². The summed E-state index contributed by atoms with van der Waals surface area (Å²) in [5, 5.41) is 16.3. The monoisotopic (exact) mass is 472 g/mol. The standard InChI is InChI=1S/C26H32N8O/c1-17(2)19-11-26(31-28-13-19)30-25-7-6-23-24(29-25)10-20(12-27-23)22-16-34(32-18(22)3)9-5-8-33-14-21(15-33)35-4/h6-7,10-13,16-17,21H,5,8-9,14-15H2,1-4H3,(H,29,30,31). The molecular formula is C26H32N8O. The first-order valence-corrected chi connectivity index (χ1v) is 12.1. The third-order valence-corrected chi connectivity index (χ3v) is 6.51. The second kappa shape index (κ2) is 10.1. The molecule has 9 heteroatoms. The van der Waals surface area contributed by atoms with E-state index in [1.807, 2.05) is 36.0 Å². The number of pyridine rings is 2. The van der Waals surface area contributed by atoms with Gasteiger partial charge < -0.3 is 10.1 Å². The zero-order valence-corrected chi connectivity index (χ0v) is 20.8. The highest BCUT2D eigenvalue weighted by atomic mass is 16.5. The average Bonchev–Trinajstić information content (AvgIpc) is 3.20. The van der Waals surface area contributed by atoms with Crippen molar-refractivity contribution < 1.29 is 4.74 Å². The second-order valence-corrected chi connectivity index (χ2v) is 9.47. The Morgan fingerprint density at radius 2 is 1.94 bits per heavy atom. The molecule has 0 aliphatic carbocycles. The van der Waals surface area contributed by atoms with Gasteiger partial charge in [-0.15, -0.1) is 5.10 Å². The largest absolute Gasteiger partial charge is 0.379 e. The smallest absolute Gasteiger partial charge is 0.154 e. The van der Waals surface area contributed by atoms with Gasteiger partial charge in [0.2, 0.25) is 0 Å². The van der Waals surface area contributed by atoms with Gasteiger partial charge in [-0.1, -0.05) is 13.8 Å². The number of methoxy groups -OCH3 is 1. The molecule has 0 bridgehead atoms. The van der Waals surface area contributed by atoms with Crippen LogP contribution in [0.15, 0.2) is 42.9 Å². The maximum absolute atomic E-state index is 5.35. The SMILES string of the molecule is COC1CN(CCCn2cc(-c3cnc4ccc(Nc5cc(C(C)C)cnn5)nc4c3)c(C)n2)C1. The minimum absolute atomic E-state index is 0.380. The molecule has 0 atom stereocenters. The Morgan fingerprint density at radius 1 is 1.09 bits per heavy atom. The van der Waals surface area contributed by atoms with E-state index in [2.05, 4.69) is 51.5 Å². The Morgan fingerprint density at radius 3 is 2.74 bits per heavy atom. The zero-order chi connectivity index (χ0) is 24.4. The van der Waals surface area contributed by atoms with E-state index >= 15 is 0 Å². The summed E-state index contributed by atoms with van der Waals surface area (Å²) < 4.78 is 7.39. The topological polar surface area (TPSA) is 93.9 Å². The van der Waals surface area contributed by atoms with Crippen LogP contribution in [0.4, 0.5) is 11.6 Å². The number of ether oxygens (including phenoxy) is 1. The molecule has 5 rings (SSSR count). The number of fused-ring (bicyclic) bond motifs is 1. The summed E-state index contributed by atoms with van der Waals surface area (Å²) in [7, 11) is 1.78. The number of aromatic nitrogens is 6. The summed E-state index contributed by atoms with van der Waals surface area (Å²) in [5.74, 6) is 1.77. The van der Waals surface area contributed by atoms with Crippen molar-refractivity contribution in [3.05, 3.63) is 54.1 Å². The first kappa shape index (κ1) is 23.3. The predicted octanol–water partition coefficient (Wildman–Crippen LogP) is 4.18. The molecule has 0 amide bonds. The Balaban J connectivity index is 1.29. The van der Waals surface area contributed by atoms with Crippen molar-refractivity contribution in [3.63, 3.8) is 0 Å². The molecule has 9 nitrogen and oxygen atoms in total. The van der Waals surface area contributed by atoms with Crippen LogP contribution in [0.2, 0.25) is 0 Å². The van der Waals surface area contributed by atoms with Crippen LogP contribution in [-0.4, -0.2) is 67.7 Å². The van der Waals surface area contributed by atoms with E-state index in [1.165, 1.54) is 0 Å². The third-order valence-electron chi connectivity index (χ3n) is 6.51. The lowest BCUT2D eigenvalue weighted by Gasteiger charge is -2.38. The predicted molar refractivity (Wildman–Crippen MR) is 137 cm³/mol. The van der Waals surface area contributed by atoms with E-state index in [9.17, 15) is 0 Å². The third kappa shape index (κ3) is 5.31. The van der Waals surface area contributed by atoms with Crippen molar-refractivity contribution in [1.29, 1.82) is 0 Å². The number of anilines is 2. The van der Waals surface area contributed by atoms with E-state index in [0.29, 0.717) is 23.7 Å². The molecule has 0 unspecified atom stereocenters. The average molecular weight is 473 g/mol. The van der Waals surface area contributed by atoms with Crippen molar-refractivity contribution >= 4 is 22.7 Å². The van der Waals surface area contributed by atoms with Crippen molar-refractivity contribution in [2.45, 2.75) is 45.8 Å². The highest BCUT2D eigenvalue weighted by molar-refractivity contribution is 5.82. The molecule has 0 spiro atoms. The molecule has 1 N–H and O–H groups in total. The summed E-state index contributed by atoms with van der Waals surface area (Å²) in [6, 6.07) is 7.96. The highest BCUT2D eigenvalue weighted by Crippen LogP contribution is 2.26. The molecule has 1 aliphatic heterocycles. The maximum atomic E-state index is 5.35. The van der Waals surface area contributed by atoms with E-state index in [0.717, 1.165) is 66.0 Å². The molecule has 4 aromatic heterocycles. The molecule has 35 heavy (non-hydrogen) atoms. The Labute approximate surface area is 205 Å². The summed E-state index contributed by atoms with van der Waals surface area (Å²) in [4.78, 5) is 11.8. The van der Waals surface area contributed by atoms with Gasteiger partial charge in [0.15, 0.2) is 5.82 Å². The molecule has 5 heterocycles. The Kier molecular flexibility index (Phi) is 6.70. The van der Waals surface area contributed by atoms with Crippen molar-refractivity contribution in [2.24, 2.45) is 0 Å². The number of rotatable bonds is 9. The van der Waals surface area contributed by atoms with Gasteiger partial charge >= 0.3 is 0 Å². The minimum atomic E-state index is 0.380. The molecule has 0 radical (unpaired) electrons. The lowest BCUT2D eigenvalue weighted by molar-refractivity contribution is -0.0299. The number of aryl methyl sites for hydroxylation is 2. The fourth-order valence-electron chi connectivity index (χ4n) is 4.34. The number of nitrogens with one attached hydrogen (secondary N) is 1. The molecular weight excluding hydrogens is 440 g/mol. The summed E-state index contributed by atoms with van der Waals surface area (Å²) in [5.41, 5.74) is 5.87. The van der Waals surface area contributed by atoms with Gasteiger partial charge in [-0.2, -0.15) is 10.2 Å². The molecule has 1 aliphatic rings. The van der Waals surface area contributed by atoms with Crippen LogP contribution in [0.3, 0.4) is 0 Å². The fourth-order valence-corrected chi connectivity index (χ4v) is 4.34. The Bertz CT molecular complexity index is 1310. The van der Waals surface area contributed by atoms with Crippen molar-refractivity contribution in [1.82, 2.24) is 34.8 Å². The number of hydrogen-bond donors (Lipinski definition) is 1. The Hall–Kier alpha value is -3.43. The maximum Gasteiger partial charge on any atom is 0.154 e. The van der Waals surface area contributed by atoms with E-state index in [1.54, 1.807) is 13.3 Å². The van der Waals surface area contributed by atoms with Crippen molar-refractivity contribution in [3.8, 4) is 11.1 Å². The van der Waals surface area contributed by atoms with Gasteiger partial charge in [0.25, 0.3) is 0 Å². The van der Waals surface area contributed by atoms with Gasteiger partial charge in [-0.3, -0.25) is 14.6 Å². The van der Waals surface area contributed by atoms with Crippen LogP contribution in [-0.2, 0) is 11.3 Å².